The Morgan fingerprint density at radius 3 is 2.43 bits per heavy atom. The summed E-state index contributed by atoms with van der Waals surface area (Å²) in [5.41, 5.74) is 0.0451. The van der Waals surface area contributed by atoms with Crippen molar-refractivity contribution in [2.75, 3.05) is 7.11 Å². The molecule has 1 N–H and O–H groups in total. The summed E-state index contributed by atoms with van der Waals surface area (Å²) >= 11 is 0. The molecule has 1 aromatic rings. The van der Waals surface area contributed by atoms with Crippen molar-refractivity contribution in [3.8, 4) is 0 Å². The van der Waals surface area contributed by atoms with Crippen molar-refractivity contribution >= 4 is 17.6 Å². The quantitative estimate of drug-likeness (QED) is 0.507. The second kappa shape index (κ2) is 6.83. The molecule has 0 saturated heterocycles. The molecule has 0 heterocycles. The van der Waals surface area contributed by atoms with E-state index in [9.17, 15) is 19.7 Å². The van der Waals surface area contributed by atoms with E-state index >= 15 is 0 Å². The normalized spacial score (nSPS) is 11.9. The molecular weight excluding hydrogens is 276 g/mol. The third kappa shape index (κ3) is 3.77. The van der Waals surface area contributed by atoms with Gasteiger partial charge in [0, 0.05) is 5.56 Å². The van der Waals surface area contributed by atoms with Crippen molar-refractivity contribution in [1.82, 2.24) is 5.32 Å². The van der Waals surface area contributed by atoms with Crippen LogP contribution in [0.4, 0.5) is 5.69 Å². The summed E-state index contributed by atoms with van der Waals surface area (Å²) in [6, 6.07) is 3.60. The summed E-state index contributed by atoms with van der Waals surface area (Å²) in [6.07, 6.45) is 0. The van der Waals surface area contributed by atoms with E-state index < -0.39 is 22.8 Å². The van der Waals surface area contributed by atoms with E-state index in [0.29, 0.717) is 5.56 Å². The van der Waals surface area contributed by atoms with E-state index in [-0.39, 0.29) is 17.2 Å². The summed E-state index contributed by atoms with van der Waals surface area (Å²) in [7, 11) is 1.22. The highest BCUT2D eigenvalue weighted by atomic mass is 16.6. The molecule has 7 heteroatoms. The molecule has 1 atom stereocenters. The molecule has 0 radical (unpaired) electrons. The van der Waals surface area contributed by atoms with Crippen LogP contribution in [0.2, 0.25) is 0 Å². The SMILES string of the molecule is COC(=O)C(NC(=O)c1cccc(C)c1[N+](=O)[O-])C(C)C. The molecule has 0 saturated carbocycles. The fourth-order valence-corrected chi connectivity index (χ4v) is 1.93. The molecule has 0 aliphatic carbocycles. The first-order valence-corrected chi connectivity index (χ1v) is 6.42. The molecule has 1 rings (SSSR count). The lowest BCUT2D eigenvalue weighted by atomic mass is 10.0. The van der Waals surface area contributed by atoms with Gasteiger partial charge in [0.1, 0.15) is 11.6 Å². The third-order valence-corrected chi connectivity index (χ3v) is 3.07. The van der Waals surface area contributed by atoms with E-state index in [1.165, 1.54) is 13.2 Å². The number of amides is 1. The Bertz CT molecular complexity index is 568. The van der Waals surface area contributed by atoms with Gasteiger partial charge in [0.05, 0.1) is 12.0 Å². The lowest BCUT2D eigenvalue weighted by molar-refractivity contribution is -0.385. The van der Waals surface area contributed by atoms with Gasteiger partial charge >= 0.3 is 5.97 Å². The first-order chi connectivity index (χ1) is 9.79. The largest absolute Gasteiger partial charge is 0.467 e. The second-order valence-electron chi connectivity index (χ2n) is 4.95. The maximum absolute atomic E-state index is 12.2. The molecule has 21 heavy (non-hydrogen) atoms. The van der Waals surface area contributed by atoms with Crippen LogP contribution in [-0.4, -0.2) is 30.0 Å². The average Bonchev–Trinajstić information content (AvgIpc) is 2.42. The van der Waals surface area contributed by atoms with Gasteiger partial charge in [0.15, 0.2) is 0 Å². The highest BCUT2D eigenvalue weighted by Gasteiger charge is 2.29. The van der Waals surface area contributed by atoms with Gasteiger partial charge in [-0.1, -0.05) is 26.0 Å². The number of hydrogen-bond donors (Lipinski definition) is 1. The van der Waals surface area contributed by atoms with Crippen molar-refractivity contribution < 1.29 is 19.2 Å². The molecule has 0 aliphatic heterocycles. The molecule has 1 unspecified atom stereocenters. The van der Waals surface area contributed by atoms with E-state index in [1.54, 1.807) is 32.9 Å². The van der Waals surface area contributed by atoms with Crippen molar-refractivity contribution in [1.29, 1.82) is 0 Å². The number of rotatable bonds is 5. The second-order valence-corrected chi connectivity index (χ2v) is 4.95. The number of hydrogen-bond acceptors (Lipinski definition) is 5. The molecule has 0 aromatic heterocycles. The number of nitrogens with zero attached hydrogens (tertiary/aromatic N) is 1. The number of esters is 1. The van der Waals surface area contributed by atoms with Crippen LogP contribution in [0.3, 0.4) is 0 Å². The van der Waals surface area contributed by atoms with Gasteiger partial charge in [-0.25, -0.2) is 4.79 Å². The topological polar surface area (TPSA) is 98.5 Å². The van der Waals surface area contributed by atoms with Crippen LogP contribution in [0, 0.1) is 23.0 Å². The summed E-state index contributed by atoms with van der Waals surface area (Å²) in [6.45, 7) is 5.04. The molecular formula is C14H18N2O5. The number of nitrogens with one attached hydrogen (secondary N) is 1. The molecule has 0 spiro atoms. The highest BCUT2D eigenvalue weighted by molar-refractivity contribution is 6.00. The zero-order valence-electron chi connectivity index (χ0n) is 12.4. The Labute approximate surface area is 122 Å². The van der Waals surface area contributed by atoms with E-state index in [2.05, 4.69) is 10.1 Å². The maximum atomic E-state index is 12.2. The zero-order valence-corrected chi connectivity index (χ0v) is 12.4. The maximum Gasteiger partial charge on any atom is 0.328 e. The highest BCUT2D eigenvalue weighted by Crippen LogP contribution is 2.23. The van der Waals surface area contributed by atoms with Crippen molar-refractivity contribution in [2.45, 2.75) is 26.8 Å². The number of nitro benzene ring substituents is 1. The first kappa shape index (κ1) is 16.6. The van der Waals surface area contributed by atoms with Crippen LogP contribution in [0.1, 0.15) is 29.8 Å². The van der Waals surface area contributed by atoms with Gasteiger partial charge in [-0.3, -0.25) is 14.9 Å². The van der Waals surface area contributed by atoms with Gasteiger partial charge < -0.3 is 10.1 Å². The molecule has 0 bridgehead atoms. The van der Waals surface area contributed by atoms with E-state index in [0.717, 1.165) is 0 Å². The van der Waals surface area contributed by atoms with Crippen LogP contribution in [0.5, 0.6) is 0 Å². The summed E-state index contributed by atoms with van der Waals surface area (Å²) in [5, 5.41) is 13.6. The van der Waals surface area contributed by atoms with Crippen LogP contribution < -0.4 is 5.32 Å². The Kier molecular flexibility index (Phi) is 5.40. The number of benzene rings is 1. The summed E-state index contributed by atoms with van der Waals surface area (Å²) in [4.78, 5) is 34.4. The number of methoxy groups -OCH3 is 1. The van der Waals surface area contributed by atoms with Crippen LogP contribution >= 0.6 is 0 Å². The minimum absolute atomic E-state index is 0.0745. The average molecular weight is 294 g/mol. The third-order valence-electron chi connectivity index (χ3n) is 3.07. The Morgan fingerprint density at radius 2 is 1.95 bits per heavy atom. The van der Waals surface area contributed by atoms with E-state index in [1.807, 2.05) is 0 Å². The van der Waals surface area contributed by atoms with Crippen LogP contribution in [-0.2, 0) is 9.53 Å². The minimum Gasteiger partial charge on any atom is -0.467 e. The molecule has 0 fully saturated rings. The van der Waals surface area contributed by atoms with Crippen molar-refractivity contribution in [3.05, 3.63) is 39.4 Å². The van der Waals surface area contributed by atoms with Gasteiger partial charge in [-0.15, -0.1) is 0 Å². The Balaban J connectivity index is 3.12. The van der Waals surface area contributed by atoms with E-state index in [4.69, 9.17) is 0 Å². The molecule has 1 aromatic carbocycles. The predicted octanol–water partition coefficient (Wildman–Crippen LogP) is 1.83. The first-order valence-electron chi connectivity index (χ1n) is 6.42. The number of para-hydroxylation sites is 1. The number of aryl methyl sites for hydroxylation is 1. The number of carbonyl (C=O) groups is 2. The lowest BCUT2D eigenvalue weighted by Crippen LogP contribution is -2.45. The Morgan fingerprint density at radius 1 is 1.33 bits per heavy atom. The summed E-state index contributed by atoms with van der Waals surface area (Å²) in [5.74, 6) is -1.46. The number of ether oxygens (including phenoxy) is 1. The molecule has 0 aliphatic rings. The standard InChI is InChI=1S/C14H18N2O5/c1-8(2)11(14(18)21-4)15-13(17)10-7-5-6-9(3)12(10)16(19)20/h5-8,11H,1-4H3,(H,15,17). The van der Waals surface area contributed by atoms with Crippen molar-refractivity contribution in [3.63, 3.8) is 0 Å². The van der Waals surface area contributed by atoms with Gasteiger partial charge in [-0.2, -0.15) is 0 Å². The van der Waals surface area contributed by atoms with Crippen molar-refractivity contribution in [2.24, 2.45) is 5.92 Å². The monoisotopic (exact) mass is 294 g/mol. The smallest absolute Gasteiger partial charge is 0.328 e. The van der Waals surface area contributed by atoms with Crippen LogP contribution in [0.15, 0.2) is 18.2 Å². The van der Waals surface area contributed by atoms with Crippen LogP contribution in [0.25, 0.3) is 0 Å². The number of carbonyl (C=O) groups excluding carboxylic acids is 2. The summed E-state index contributed by atoms with van der Waals surface area (Å²) < 4.78 is 4.62. The fraction of sp³-hybridized carbons (Fsp3) is 0.429. The Hall–Kier alpha value is -2.44. The van der Waals surface area contributed by atoms with Gasteiger partial charge in [-0.05, 0) is 18.9 Å². The minimum atomic E-state index is -0.859. The lowest BCUT2D eigenvalue weighted by Gasteiger charge is -2.19. The molecule has 1 amide bonds. The number of nitro groups is 1. The van der Waals surface area contributed by atoms with Gasteiger partial charge in [0.2, 0.25) is 0 Å². The fourth-order valence-electron chi connectivity index (χ4n) is 1.93. The molecule has 114 valence electrons. The zero-order chi connectivity index (χ0) is 16.2. The molecule has 7 nitrogen and oxygen atoms in total. The van der Waals surface area contributed by atoms with Gasteiger partial charge in [0.25, 0.3) is 11.6 Å². The predicted molar refractivity (Wildman–Crippen MR) is 75.9 cm³/mol.